The van der Waals surface area contributed by atoms with E-state index in [4.69, 9.17) is 5.11 Å². The Morgan fingerprint density at radius 3 is 2.67 bits per heavy atom. The number of hydrogen-bond donors (Lipinski definition) is 1. The Morgan fingerprint density at radius 2 is 2.17 bits per heavy atom. The van der Waals surface area contributed by atoms with Crippen LogP contribution in [0.15, 0.2) is 23.1 Å². The molecule has 0 aliphatic heterocycles. The molecule has 0 saturated carbocycles. The van der Waals surface area contributed by atoms with Crippen molar-refractivity contribution in [1.82, 2.24) is 0 Å². The van der Waals surface area contributed by atoms with E-state index in [0.29, 0.717) is 4.91 Å². The lowest BCUT2D eigenvalue weighted by atomic mass is 10.2. The van der Waals surface area contributed by atoms with Gasteiger partial charge in [0.05, 0.1) is 17.3 Å². The fourth-order valence-corrected chi connectivity index (χ4v) is 2.21. The molecule has 68 valence electrons. The zero-order valence-electron chi connectivity index (χ0n) is 6.73. The van der Waals surface area contributed by atoms with E-state index in [1.165, 1.54) is 0 Å². The number of allylic oxidation sites excluding steroid dienone is 3. The smallest absolute Gasteiger partial charge is 0.180 e. The fourth-order valence-electron chi connectivity index (χ4n) is 1.06. The maximum absolute atomic E-state index is 11.3. The van der Waals surface area contributed by atoms with Gasteiger partial charge in [-0.2, -0.15) is 0 Å². The first-order valence-electron chi connectivity index (χ1n) is 3.87. The summed E-state index contributed by atoms with van der Waals surface area (Å²) >= 11 is 0. The van der Waals surface area contributed by atoms with Gasteiger partial charge in [-0.3, -0.25) is 0 Å². The van der Waals surface area contributed by atoms with Crippen LogP contribution in [0.5, 0.6) is 0 Å². The molecular formula is C8H12O3S. The third-order valence-electron chi connectivity index (χ3n) is 1.68. The minimum atomic E-state index is -3.21. The number of aliphatic hydroxyl groups is 1. The molecule has 0 bridgehead atoms. The lowest BCUT2D eigenvalue weighted by Crippen LogP contribution is -2.11. The molecule has 0 radical (unpaired) electrons. The van der Waals surface area contributed by atoms with Crippen molar-refractivity contribution >= 4 is 9.84 Å². The molecule has 0 amide bonds. The Kier molecular flexibility index (Phi) is 3.05. The zero-order chi connectivity index (χ0) is 9.03. The molecule has 0 aromatic carbocycles. The Morgan fingerprint density at radius 1 is 1.42 bits per heavy atom. The molecule has 0 unspecified atom stereocenters. The third-order valence-corrected chi connectivity index (χ3v) is 3.42. The predicted octanol–water partition coefficient (Wildman–Crippen LogP) is 0.627. The van der Waals surface area contributed by atoms with Crippen molar-refractivity contribution in [2.45, 2.75) is 12.8 Å². The second kappa shape index (κ2) is 3.87. The van der Waals surface area contributed by atoms with Gasteiger partial charge in [0, 0.05) is 0 Å². The van der Waals surface area contributed by atoms with E-state index in [-0.39, 0.29) is 12.4 Å². The first kappa shape index (κ1) is 9.48. The topological polar surface area (TPSA) is 54.4 Å². The van der Waals surface area contributed by atoms with Crippen LogP contribution in [0, 0.1) is 0 Å². The van der Waals surface area contributed by atoms with Crippen molar-refractivity contribution in [3.63, 3.8) is 0 Å². The molecular weight excluding hydrogens is 176 g/mol. The largest absolute Gasteiger partial charge is 0.395 e. The summed E-state index contributed by atoms with van der Waals surface area (Å²) in [4.78, 5) is 0.350. The number of sulfone groups is 1. The van der Waals surface area contributed by atoms with Crippen molar-refractivity contribution in [2.24, 2.45) is 0 Å². The number of hydrogen-bond acceptors (Lipinski definition) is 3. The SMILES string of the molecule is O=S(=O)(CCO)C1=CCCC=C1. The van der Waals surface area contributed by atoms with Gasteiger partial charge in [-0.25, -0.2) is 8.42 Å². The fraction of sp³-hybridized carbons (Fsp3) is 0.500. The molecule has 1 rings (SSSR count). The molecule has 0 saturated heterocycles. The minimum Gasteiger partial charge on any atom is -0.395 e. The van der Waals surface area contributed by atoms with Gasteiger partial charge in [-0.05, 0) is 18.9 Å². The van der Waals surface area contributed by atoms with Crippen molar-refractivity contribution < 1.29 is 13.5 Å². The summed E-state index contributed by atoms with van der Waals surface area (Å²) < 4.78 is 22.6. The molecule has 3 nitrogen and oxygen atoms in total. The molecule has 4 heteroatoms. The highest BCUT2D eigenvalue weighted by atomic mass is 32.2. The normalized spacial score (nSPS) is 17.6. The van der Waals surface area contributed by atoms with Gasteiger partial charge in [0.2, 0.25) is 0 Å². The third kappa shape index (κ3) is 2.19. The van der Waals surface area contributed by atoms with Crippen LogP contribution < -0.4 is 0 Å². The molecule has 0 atom stereocenters. The maximum Gasteiger partial charge on any atom is 0.180 e. The lowest BCUT2D eigenvalue weighted by Gasteiger charge is -2.06. The molecule has 1 N–H and O–H groups in total. The van der Waals surface area contributed by atoms with Gasteiger partial charge < -0.3 is 5.11 Å². The van der Waals surface area contributed by atoms with Crippen LogP contribution in [0.3, 0.4) is 0 Å². The van der Waals surface area contributed by atoms with Gasteiger partial charge >= 0.3 is 0 Å². The highest BCUT2D eigenvalue weighted by Gasteiger charge is 2.15. The van der Waals surface area contributed by atoms with E-state index in [1.807, 2.05) is 6.08 Å². The first-order valence-corrected chi connectivity index (χ1v) is 5.52. The van der Waals surface area contributed by atoms with Crippen molar-refractivity contribution in [2.75, 3.05) is 12.4 Å². The minimum absolute atomic E-state index is 0.177. The Balaban J connectivity index is 2.81. The summed E-state index contributed by atoms with van der Waals surface area (Å²) in [6, 6.07) is 0. The lowest BCUT2D eigenvalue weighted by molar-refractivity contribution is 0.320. The second-order valence-electron chi connectivity index (χ2n) is 2.63. The average Bonchev–Trinajstić information content (AvgIpc) is 2.06. The maximum atomic E-state index is 11.3. The molecule has 1 aliphatic rings. The van der Waals surface area contributed by atoms with Gasteiger partial charge in [0.15, 0.2) is 9.84 Å². The van der Waals surface area contributed by atoms with Crippen LogP contribution >= 0.6 is 0 Å². The summed E-state index contributed by atoms with van der Waals surface area (Å²) in [5.41, 5.74) is 0. The molecule has 0 aromatic rings. The van der Waals surface area contributed by atoms with E-state index in [0.717, 1.165) is 12.8 Å². The number of rotatable bonds is 3. The average molecular weight is 188 g/mol. The van der Waals surface area contributed by atoms with Crippen molar-refractivity contribution in [3.8, 4) is 0 Å². The van der Waals surface area contributed by atoms with Crippen LogP contribution in [0.2, 0.25) is 0 Å². The van der Waals surface area contributed by atoms with E-state index >= 15 is 0 Å². The predicted molar refractivity (Wildman–Crippen MR) is 47.3 cm³/mol. The number of aliphatic hydroxyl groups excluding tert-OH is 1. The summed E-state index contributed by atoms with van der Waals surface area (Å²) in [5.74, 6) is -0.177. The monoisotopic (exact) mass is 188 g/mol. The Bertz CT molecular complexity index is 298. The second-order valence-corrected chi connectivity index (χ2v) is 4.74. The molecule has 1 aliphatic carbocycles. The molecule has 0 fully saturated rings. The van der Waals surface area contributed by atoms with Gasteiger partial charge in [0.25, 0.3) is 0 Å². The standard InChI is InChI=1S/C8H12O3S/c9-6-7-12(10,11)8-4-2-1-3-5-8/h2,4-5,9H,1,3,6-7H2. The van der Waals surface area contributed by atoms with Crippen LogP contribution in [-0.4, -0.2) is 25.9 Å². The summed E-state index contributed by atoms with van der Waals surface area (Å²) in [6.07, 6.45) is 6.82. The first-order chi connectivity index (χ1) is 5.67. The highest BCUT2D eigenvalue weighted by Crippen LogP contribution is 2.15. The van der Waals surface area contributed by atoms with Crippen LogP contribution in [0.1, 0.15) is 12.8 Å². The van der Waals surface area contributed by atoms with Crippen LogP contribution in [0.25, 0.3) is 0 Å². The van der Waals surface area contributed by atoms with E-state index < -0.39 is 9.84 Å². The van der Waals surface area contributed by atoms with Gasteiger partial charge in [0.1, 0.15) is 0 Å². The molecule has 0 heterocycles. The highest BCUT2D eigenvalue weighted by molar-refractivity contribution is 7.95. The summed E-state index contributed by atoms with van der Waals surface area (Å²) in [5, 5.41) is 8.50. The summed E-state index contributed by atoms with van der Waals surface area (Å²) in [7, 11) is -3.21. The molecule has 12 heavy (non-hydrogen) atoms. The van der Waals surface area contributed by atoms with Gasteiger partial charge in [-0.15, -0.1) is 0 Å². The van der Waals surface area contributed by atoms with Crippen LogP contribution in [-0.2, 0) is 9.84 Å². The quantitative estimate of drug-likeness (QED) is 0.706. The Hall–Kier alpha value is -0.610. The Labute approximate surface area is 72.3 Å². The van der Waals surface area contributed by atoms with E-state index in [1.54, 1.807) is 12.2 Å². The van der Waals surface area contributed by atoms with E-state index in [9.17, 15) is 8.42 Å². The van der Waals surface area contributed by atoms with Crippen molar-refractivity contribution in [3.05, 3.63) is 23.1 Å². The van der Waals surface area contributed by atoms with Gasteiger partial charge in [-0.1, -0.05) is 12.2 Å². The van der Waals surface area contributed by atoms with E-state index in [2.05, 4.69) is 0 Å². The van der Waals surface area contributed by atoms with Crippen molar-refractivity contribution in [1.29, 1.82) is 0 Å². The zero-order valence-corrected chi connectivity index (χ0v) is 7.55. The summed E-state index contributed by atoms with van der Waals surface area (Å²) in [6.45, 7) is -0.312. The molecule has 0 spiro atoms. The van der Waals surface area contributed by atoms with Crippen LogP contribution in [0.4, 0.5) is 0 Å². The molecule has 0 aromatic heterocycles.